The van der Waals surface area contributed by atoms with Crippen LogP contribution in [0.4, 0.5) is 4.79 Å². The van der Waals surface area contributed by atoms with E-state index >= 15 is 0 Å². The molecule has 0 unspecified atom stereocenters. The topological polar surface area (TPSA) is 64.6 Å². The molecule has 3 atom stereocenters. The van der Waals surface area contributed by atoms with Crippen molar-refractivity contribution in [2.45, 2.75) is 31.8 Å². The lowest BCUT2D eigenvalue weighted by Gasteiger charge is -2.19. The second-order valence-electron chi connectivity index (χ2n) is 4.56. The zero-order valence-corrected chi connectivity index (χ0v) is 11.2. The number of amides is 1. The van der Waals surface area contributed by atoms with Gasteiger partial charge in [-0.15, -0.1) is 0 Å². The van der Waals surface area contributed by atoms with Crippen molar-refractivity contribution in [2.24, 2.45) is 0 Å². The van der Waals surface area contributed by atoms with Gasteiger partial charge in [-0.2, -0.15) is 0 Å². The maximum Gasteiger partial charge on any atom is 0.408 e. The Labute approximate surface area is 117 Å². The fraction of sp³-hybridized carbons (Fsp3) is 0.333. The number of aldehydes is 1. The van der Waals surface area contributed by atoms with E-state index in [0.29, 0.717) is 6.29 Å². The van der Waals surface area contributed by atoms with Gasteiger partial charge in [-0.3, -0.25) is 0 Å². The zero-order valence-electron chi connectivity index (χ0n) is 11.2. The Bertz CT molecular complexity index is 486. The van der Waals surface area contributed by atoms with Crippen molar-refractivity contribution >= 4 is 12.4 Å². The molecule has 0 saturated heterocycles. The van der Waals surface area contributed by atoms with Gasteiger partial charge in [0, 0.05) is 0 Å². The molecule has 1 heterocycles. The van der Waals surface area contributed by atoms with Crippen molar-refractivity contribution in [1.29, 1.82) is 0 Å². The quantitative estimate of drug-likeness (QED) is 0.657. The summed E-state index contributed by atoms with van der Waals surface area (Å²) in [5.74, 6) is 0. The Hall–Kier alpha value is -2.14. The molecule has 0 aliphatic carbocycles. The summed E-state index contributed by atoms with van der Waals surface area (Å²) in [5, 5.41) is 2.49. The monoisotopic (exact) mass is 275 g/mol. The van der Waals surface area contributed by atoms with Crippen LogP contribution in [0.25, 0.3) is 0 Å². The van der Waals surface area contributed by atoms with E-state index in [1.54, 1.807) is 6.08 Å². The van der Waals surface area contributed by atoms with E-state index in [4.69, 9.17) is 9.47 Å². The Balaban J connectivity index is 1.81. The first kappa shape index (κ1) is 14.3. The van der Waals surface area contributed by atoms with Gasteiger partial charge in [-0.25, -0.2) is 4.79 Å². The number of carbonyl (C=O) groups excluding carboxylic acids is 2. The Morgan fingerprint density at radius 2 is 2.15 bits per heavy atom. The molecule has 5 nitrogen and oxygen atoms in total. The molecule has 1 aliphatic rings. The summed E-state index contributed by atoms with van der Waals surface area (Å²) in [6.07, 6.45) is 3.13. The van der Waals surface area contributed by atoms with Crippen LogP contribution in [0.2, 0.25) is 0 Å². The highest BCUT2D eigenvalue weighted by molar-refractivity contribution is 5.73. The van der Waals surface area contributed by atoms with Crippen molar-refractivity contribution in [3.8, 4) is 0 Å². The largest absolute Gasteiger partial charge is 0.445 e. The van der Waals surface area contributed by atoms with Crippen LogP contribution in [-0.4, -0.2) is 30.6 Å². The molecule has 5 heteroatoms. The van der Waals surface area contributed by atoms with Crippen LogP contribution >= 0.6 is 0 Å². The lowest BCUT2D eigenvalue weighted by atomic mass is 10.2. The summed E-state index contributed by atoms with van der Waals surface area (Å²) in [6, 6.07) is 8.59. The van der Waals surface area contributed by atoms with Crippen LogP contribution in [0.3, 0.4) is 0 Å². The number of alkyl carbamates (subject to hydrolysis) is 1. The molecule has 0 bridgehead atoms. The highest BCUT2D eigenvalue weighted by atomic mass is 16.5. The molecule has 0 saturated carbocycles. The molecule has 106 valence electrons. The molecule has 1 N–H and O–H groups in total. The highest BCUT2D eigenvalue weighted by Crippen LogP contribution is 2.13. The lowest BCUT2D eigenvalue weighted by Crippen LogP contribution is -2.44. The standard InChI is InChI=1S/C15H17NO4/c1-11-7-8-14(20-11)13(9-17)16-15(18)19-10-12-5-3-2-4-6-12/h2-9,11,13-14H,10H2,1H3,(H,16,18)/t11-,13+,14+/m0/s1. The fourth-order valence-corrected chi connectivity index (χ4v) is 1.90. The van der Waals surface area contributed by atoms with E-state index in [2.05, 4.69) is 5.32 Å². The van der Waals surface area contributed by atoms with Gasteiger partial charge in [0.05, 0.1) is 6.10 Å². The molecule has 0 spiro atoms. The van der Waals surface area contributed by atoms with E-state index in [0.717, 1.165) is 5.56 Å². The molecular weight excluding hydrogens is 258 g/mol. The van der Waals surface area contributed by atoms with E-state index in [-0.39, 0.29) is 12.7 Å². The van der Waals surface area contributed by atoms with Gasteiger partial charge in [0.25, 0.3) is 0 Å². The molecule has 1 amide bonds. The number of benzene rings is 1. The predicted molar refractivity (Wildman–Crippen MR) is 73.1 cm³/mol. The van der Waals surface area contributed by atoms with Gasteiger partial charge in [0.1, 0.15) is 25.0 Å². The van der Waals surface area contributed by atoms with Gasteiger partial charge in [0.2, 0.25) is 0 Å². The summed E-state index contributed by atoms with van der Waals surface area (Å²) in [4.78, 5) is 22.7. The lowest BCUT2D eigenvalue weighted by molar-refractivity contribution is -0.112. The summed E-state index contributed by atoms with van der Waals surface area (Å²) in [6.45, 7) is 2.03. The van der Waals surface area contributed by atoms with E-state index in [1.807, 2.05) is 43.3 Å². The van der Waals surface area contributed by atoms with Crippen molar-refractivity contribution in [1.82, 2.24) is 5.32 Å². The minimum Gasteiger partial charge on any atom is -0.445 e. The number of hydrogen-bond donors (Lipinski definition) is 1. The summed E-state index contributed by atoms with van der Waals surface area (Å²) < 4.78 is 10.5. The van der Waals surface area contributed by atoms with Crippen molar-refractivity contribution < 1.29 is 19.1 Å². The van der Waals surface area contributed by atoms with Crippen LogP contribution in [0.15, 0.2) is 42.5 Å². The molecule has 1 aromatic rings. The first-order valence-electron chi connectivity index (χ1n) is 6.45. The van der Waals surface area contributed by atoms with Crippen molar-refractivity contribution in [2.75, 3.05) is 0 Å². The number of ether oxygens (including phenoxy) is 2. The third-order valence-electron chi connectivity index (χ3n) is 2.94. The minimum absolute atomic E-state index is 0.0513. The molecule has 1 aromatic carbocycles. The smallest absolute Gasteiger partial charge is 0.408 e. The fourth-order valence-electron chi connectivity index (χ4n) is 1.90. The maximum absolute atomic E-state index is 11.7. The third-order valence-corrected chi connectivity index (χ3v) is 2.94. The average Bonchev–Trinajstić information content (AvgIpc) is 2.90. The maximum atomic E-state index is 11.7. The number of hydrogen-bond acceptors (Lipinski definition) is 4. The Kier molecular flexibility index (Phi) is 4.90. The van der Waals surface area contributed by atoms with Crippen LogP contribution in [0, 0.1) is 0 Å². The van der Waals surface area contributed by atoms with Crippen LogP contribution < -0.4 is 5.32 Å². The third kappa shape index (κ3) is 3.93. The molecule has 2 rings (SSSR count). The molecular formula is C15H17NO4. The van der Waals surface area contributed by atoms with Crippen LogP contribution in [0.5, 0.6) is 0 Å². The van der Waals surface area contributed by atoms with Gasteiger partial charge in [-0.05, 0) is 12.5 Å². The van der Waals surface area contributed by atoms with Gasteiger partial charge in [0.15, 0.2) is 0 Å². The SMILES string of the molecule is C[C@H]1C=C[C@H]([C@@H](C=O)NC(=O)OCc2ccccc2)O1. The van der Waals surface area contributed by atoms with Crippen LogP contribution in [0.1, 0.15) is 12.5 Å². The van der Waals surface area contributed by atoms with Gasteiger partial charge in [-0.1, -0.05) is 42.5 Å². The van der Waals surface area contributed by atoms with Gasteiger partial charge < -0.3 is 19.6 Å². The number of carbonyl (C=O) groups is 2. The number of rotatable bonds is 5. The molecule has 0 fully saturated rings. The second kappa shape index (κ2) is 6.86. The van der Waals surface area contributed by atoms with E-state index in [9.17, 15) is 9.59 Å². The molecule has 1 aliphatic heterocycles. The van der Waals surface area contributed by atoms with Crippen molar-refractivity contribution in [3.63, 3.8) is 0 Å². The first-order chi connectivity index (χ1) is 9.69. The van der Waals surface area contributed by atoms with Gasteiger partial charge >= 0.3 is 6.09 Å². The zero-order chi connectivity index (χ0) is 14.4. The predicted octanol–water partition coefficient (Wildman–Crippen LogP) is 1.82. The van der Waals surface area contributed by atoms with E-state index < -0.39 is 18.2 Å². The summed E-state index contributed by atoms with van der Waals surface area (Å²) in [5.41, 5.74) is 0.885. The highest BCUT2D eigenvalue weighted by Gasteiger charge is 2.26. The molecule has 20 heavy (non-hydrogen) atoms. The second-order valence-corrected chi connectivity index (χ2v) is 4.56. The first-order valence-corrected chi connectivity index (χ1v) is 6.45. The minimum atomic E-state index is -0.737. The molecule has 0 radical (unpaired) electrons. The van der Waals surface area contributed by atoms with Crippen molar-refractivity contribution in [3.05, 3.63) is 48.0 Å². The molecule has 0 aromatic heterocycles. The Morgan fingerprint density at radius 1 is 1.40 bits per heavy atom. The summed E-state index contributed by atoms with van der Waals surface area (Å²) in [7, 11) is 0. The normalized spacial score (nSPS) is 22.2. The summed E-state index contributed by atoms with van der Waals surface area (Å²) >= 11 is 0. The Morgan fingerprint density at radius 3 is 2.75 bits per heavy atom. The average molecular weight is 275 g/mol. The number of nitrogens with one attached hydrogen (secondary N) is 1. The van der Waals surface area contributed by atoms with Crippen LogP contribution in [-0.2, 0) is 20.9 Å². The van der Waals surface area contributed by atoms with E-state index in [1.165, 1.54) is 0 Å².